The summed E-state index contributed by atoms with van der Waals surface area (Å²) in [5, 5.41) is 15.6. The van der Waals surface area contributed by atoms with Crippen LogP contribution in [0.2, 0.25) is 0 Å². The number of anilines is 2. The van der Waals surface area contributed by atoms with Gasteiger partial charge in [-0.2, -0.15) is 0 Å². The number of aliphatic hydroxyl groups is 1. The molecule has 24 heavy (non-hydrogen) atoms. The summed E-state index contributed by atoms with van der Waals surface area (Å²) in [6.45, 7) is 5.18. The molecular weight excluding hydrogens is 300 g/mol. The number of hydrogen-bond donors (Lipinski definition) is 3. The summed E-state index contributed by atoms with van der Waals surface area (Å²) in [5.74, 6) is 0.344. The molecule has 3 rings (SSSR count). The van der Waals surface area contributed by atoms with E-state index in [0.717, 1.165) is 35.5 Å². The minimum atomic E-state index is -0.109. The number of carbonyl (C=O) groups is 1. The monoisotopic (exact) mass is 324 g/mol. The number of carbonyl (C=O) groups excluding carboxylic acids is 1. The Morgan fingerprint density at radius 2 is 2.12 bits per heavy atom. The lowest BCUT2D eigenvalue weighted by atomic mass is 9.89. The smallest absolute Gasteiger partial charge is 0.257 e. The zero-order chi connectivity index (χ0) is 17.1. The number of aliphatic hydroxyl groups excluding tert-OH is 1. The highest BCUT2D eigenvalue weighted by Crippen LogP contribution is 2.35. The standard InChI is InChI=1S/C20H24N2O2/c1-13-11-16-14(2)7-9-21-19(16)17(12-13)20(24)22-18-6-4-3-5-15(18)8-10-23/h3-6,11-12,14,21,23H,7-10H2,1-2H3,(H,22,24). The van der Waals surface area contributed by atoms with Crippen LogP contribution in [-0.4, -0.2) is 24.2 Å². The van der Waals surface area contributed by atoms with Crippen LogP contribution in [0.15, 0.2) is 36.4 Å². The van der Waals surface area contributed by atoms with Gasteiger partial charge in [-0.25, -0.2) is 0 Å². The Balaban J connectivity index is 1.94. The molecule has 0 bridgehead atoms. The Bertz CT molecular complexity index is 755. The largest absolute Gasteiger partial charge is 0.396 e. The third-order valence-corrected chi connectivity index (χ3v) is 4.61. The third-order valence-electron chi connectivity index (χ3n) is 4.61. The Morgan fingerprint density at radius 1 is 1.33 bits per heavy atom. The Kier molecular flexibility index (Phi) is 4.86. The second-order valence-corrected chi connectivity index (χ2v) is 6.48. The summed E-state index contributed by atoms with van der Waals surface area (Å²) >= 11 is 0. The number of aryl methyl sites for hydroxylation is 1. The second-order valence-electron chi connectivity index (χ2n) is 6.48. The molecule has 1 aliphatic rings. The predicted molar refractivity (Wildman–Crippen MR) is 97.9 cm³/mol. The molecule has 0 aliphatic carbocycles. The first-order valence-electron chi connectivity index (χ1n) is 8.48. The normalized spacial score (nSPS) is 16.2. The molecule has 0 spiro atoms. The molecule has 1 aliphatic heterocycles. The Labute approximate surface area is 142 Å². The Hall–Kier alpha value is -2.33. The predicted octanol–water partition coefficient (Wildman–Crippen LogP) is 3.70. The summed E-state index contributed by atoms with van der Waals surface area (Å²) < 4.78 is 0. The van der Waals surface area contributed by atoms with E-state index in [0.29, 0.717) is 17.9 Å². The summed E-state index contributed by atoms with van der Waals surface area (Å²) in [6, 6.07) is 11.7. The molecule has 0 saturated heterocycles. The van der Waals surface area contributed by atoms with Crippen LogP contribution in [0.1, 0.15) is 46.3 Å². The molecule has 2 aromatic rings. The molecule has 4 nitrogen and oxygen atoms in total. The molecule has 1 unspecified atom stereocenters. The van der Waals surface area contributed by atoms with Crippen LogP contribution in [-0.2, 0) is 6.42 Å². The van der Waals surface area contributed by atoms with E-state index in [1.165, 1.54) is 5.56 Å². The Morgan fingerprint density at radius 3 is 2.92 bits per heavy atom. The molecule has 1 atom stereocenters. The van der Waals surface area contributed by atoms with E-state index in [4.69, 9.17) is 0 Å². The van der Waals surface area contributed by atoms with Gasteiger partial charge >= 0.3 is 0 Å². The van der Waals surface area contributed by atoms with Gasteiger partial charge in [0.2, 0.25) is 0 Å². The van der Waals surface area contributed by atoms with Crippen LogP contribution in [0.3, 0.4) is 0 Å². The number of hydrogen-bond acceptors (Lipinski definition) is 3. The molecule has 4 heteroatoms. The number of benzene rings is 2. The average Bonchev–Trinajstić information content (AvgIpc) is 2.57. The van der Waals surface area contributed by atoms with Gasteiger partial charge in [-0.15, -0.1) is 0 Å². The number of fused-ring (bicyclic) bond motifs is 1. The molecular formula is C20H24N2O2. The summed E-state index contributed by atoms with van der Waals surface area (Å²) in [7, 11) is 0. The van der Waals surface area contributed by atoms with Gasteiger partial charge in [-0.1, -0.05) is 31.2 Å². The molecule has 0 fully saturated rings. The summed E-state index contributed by atoms with van der Waals surface area (Å²) in [4.78, 5) is 12.9. The van der Waals surface area contributed by atoms with Gasteiger partial charge in [0.15, 0.2) is 0 Å². The van der Waals surface area contributed by atoms with Crippen molar-refractivity contribution in [3.8, 4) is 0 Å². The lowest BCUT2D eigenvalue weighted by Crippen LogP contribution is -2.22. The summed E-state index contributed by atoms with van der Waals surface area (Å²) in [5.41, 5.74) is 5.66. The third kappa shape index (κ3) is 3.29. The van der Waals surface area contributed by atoms with Crippen LogP contribution in [0.5, 0.6) is 0 Å². The molecule has 0 saturated carbocycles. The maximum absolute atomic E-state index is 12.9. The highest BCUT2D eigenvalue weighted by Gasteiger charge is 2.23. The minimum Gasteiger partial charge on any atom is -0.396 e. The van der Waals surface area contributed by atoms with Gasteiger partial charge < -0.3 is 15.7 Å². The minimum absolute atomic E-state index is 0.0613. The first kappa shape index (κ1) is 16.5. The van der Waals surface area contributed by atoms with E-state index >= 15 is 0 Å². The van der Waals surface area contributed by atoms with E-state index in [1.807, 2.05) is 37.3 Å². The number of nitrogens with one attached hydrogen (secondary N) is 2. The van der Waals surface area contributed by atoms with Crippen molar-refractivity contribution in [3.05, 3.63) is 58.7 Å². The molecule has 0 aromatic heterocycles. The van der Waals surface area contributed by atoms with Crippen LogP contribution in [0, 0.1) is 6.92 Å². The van der Waals surface area contributed by atoms with Gasteiger partial charge in [0, 0.05) is 18.8 Å². The zero-order valence-electron chi connectivity index (χ0n) is 14.2. The lowest BCUT2D eigenvalue weighted by Gasteiger charge is -2.26. The fourth-order valence-electron chi connectivity index (χ4n) is 3.32. The van der Waals surface area contributed by atoms with Gasteiger partial charge in [-0.3, -0.25) is 4.79 Å². The molecule has 126 valence electrons. The number of amides is 1. The van der Waals surface area contributed by atoms with Crippen molar-refractivity contribution < 1.29 is 9.90 Å². The SMILES string of the molecule is Cc1cc(C(=O)Nc2ccccc2CCO)c2c(c1)C(C)CCN2. The van der Waals surface area contributed by atoms with E-state index < -0.39 is 0 Å². The first-order valence-corrected chi connectivity index (χ1v) is 8.48. The zero-order valence-corrected chi connectivity index (χ0v) is 14.2. The van der Waals surface area contributed by atoms with Crippen molar-refractivity contribution in [1.82, 2.24) is 0 Å². The van der Waals surface area contributed by atoms with Crippen molar-refractivity contribution >= 4 is 17.3 Å². The highest BCUT2D eigenvalue weighted by atomic mass is 16.3. The van der Waals surface area contributed by atoms with Crippen molar-refractivity contribution in [2.24, 2.45) is 0 Å². The maximum atomic E-state index is 12.9. The number of para-hydroxylation sites is 1. The van der Waals surface area contributed by atoms with Crippen molar-refractivity contribution in [1.29, 1.82) is 0 Å². The average molecular weight is 324 g/mol. The summed E-state index contributed by atoms with van der Waals surface area (Å²) in [6.07, 6.45) is 1.61. The van der Waals surface area contributed by atoms with E-state index in [-0.39, 0.29) is 12.5 Å². The highest BCUT2D eigenvalue weighted by molar-refractivity contribution is 6.09. The lowest BCUT2D eigenvalue weighted by molar-refractivity contribution is 0.102. The molecule has 3 N–H and O–H groups in total. The van der Waals surface area contributed by atoms with Crippen molar-refractivity contribution in [2.75, 3.05) is 23.8 Å². The van der Waals surface area contributed by atoms with Crippen LogP contribution in [0.25, 0.3) is 0 Å². The molecule has 0 radical (unpaired) electrons. The second kappa shape index (κ2) is 7.05. The maximum Gasteiger partial charge on any atom is 0.257 e. The van der Waals surface area contributed by atoms with Gasteiger partial charge in [0.05, 0.1) is 11.3 Å². The number of rotatable bonds is 4. The van der Waals surface area contributed by atoms with E-state index in [2.05, 4.69) is 23.6 Å². The topological polar surface area (TPSA) is 61.4 Å². The van der Waals surface area contributed by atoms with Gasteiger partial charge in [0.25, 0.3) is 5.91 Å². The van der Waals surface area contributed by atoms with Crippen LogP contribution in [0.4, 0.5) is 11.4 Å². The fourth-order valence-corrected chi connectivity index (χ4v) is 3.32. The van der Waals surface area contributed by atoms with Crippen molar-refractivity contribution in [3.63, 3.8) is 0 Å². The van der Waals surface area contributed by atoms with Crippen LogP contribution >= 0.6 is 0 Å². The quantitative estimate of drug-likeness (QED) is 0.803. The fraction of sp³-hybridized carbons (Fsp3) is 0.350. The van der Waals surface area contributed by atoms with Gasteiger partial charge in [0.1, 0.15) is 0 Å². The molecule has 1 amide bonds. The van der Waals surface area contributed by atoms with Gasteiger partial charge in [-0.05, 0) is 54.5 Å². The van der Waals surface area contributed by atoms with E-state index in [9.17, 15) is 9.90 Å². The molecule has 2 aromatic carbocycles. The first-order chi connectivity index (χ1) is 11.6. The molecule has 1 heterocycles. The van der Waals surface area contributed by atoms with E-state index in [1.54, 1.807) is 0 Å². The van der Waals surface area contributed by atoms with Crippen LogP contribution < -0.4 is 10.6 Å². The van der Waals surface area contributed by atoms with Crippen molar-refractivity contribution in [2.45, 2.75) is 32.6 Å².